The number of hydrogen-bond donors (Lipinski definition) is 1. The van der Waals surface area contributed by atoms with Gasteiger partial charge in [0.1, 0.15) is 28.9 Å². The molecule has 1 atom stereocenters. The minimum absolute atomic E-state index is 0.0530. The van der Waals surface area contributed by atoms with Crippen LogP contribution >= 0.6 is 0 Å². The van der Waals surface area contributed by atoms with Crippen LogP contribution in [0.4, 0.5) is 0 Å². The minimum atomic E-state index is -1.17. The van der Waals surface area contributed by atoms with E-state index in [1.54, 1.807) is 0 Å². The highest BCUT2D eigenvalue weighted by atomic mass is 32.2. The number of carbonyl (C=O) groups excluding carboxylic acids is 3. The Morgan fingerprint density at radius 3 is 1.69 bits per heavy atom. The molecule has 0 amide bonds. The fourth-order valence-corrected chi connectivity index (χ4v) is 3.51. The van der Waals surface area contributed by atoms with Crippen LogP contribution in [0.3, 0.4) is 0 Å². The molecule has 0 aromatic carbocycles. The Morgan fingerprint density at radius 2 is 1.15 bits per heavy atom. The van der Waals surface area contributed by atoms with Crippen molar-refractivity contribution in [2.75, 3.05) is 18.1 Å². The van der Waals surface area contributed by atoms with Gasteiger partial charge in [-0.05, 0) is 6.42 Å². The number of Topliss-reactive ketones (excluding diaryl/α,β-unsaturated/α-hetero) is 3. The Balaban J connectivity index is 3.59. The van der Waals surface area contributed by atoms with Crippen molar-refractivity contribution < 1.29 is 24.0 Å². The maximum absolute atomic E-state index is 11.8. The summed E-state index contributed by atoms with van der Waals surface area (Å²) in [5, 5.41) is 8.64. The van der Waals surface area contributed by atoms with Gasteiger partial charge in [-0.3, -0.25) is 14.4 Å². The number of aliphatic hydroxyl groups is 1. The van der Waals surface area contributed by atoms with E-state index in [-0.39, 0.29) is 67.6 Å². The van der Waals surface area contributed by atoms with E-state index in [9.17, 15) is 18.9 Å². The molecule has 0 spiro atoms. The van der Waals surface area contributed by atoms with Gasteiger partial charge in [-0.25, -0.2) is 0 Å². The van der Waals surface area contributed by atoms with Crippen molar-refractivity contribution >= 4 is 28.5 Å². The first-order valence-corrected chi connectivity index (χ1v) is 11.5. The van der Waals surface area contributed by atoms with E-state index in [1.165, 1.54) is 32.1 Å². The van der Waals surface area contributed by atoms with Gasteiger partial charge in [0.05, 0.1) is 13.0 Å². The topological polar surface area (TPSA) is 94.5 Å². The first-order chi connectivity index (χ1) is 12.5. The molecule has 0 radical (unpaired) electrons. The molecule has 26 heavy (non-hydrogen) atoms. The molecule has 6 heteroatoms. The summed E-state index contributed by atoms with van der Waals surface area (Å²) in [5.41, 5.74) is 0. The molecule has 0 bridgehead atoms. The predicted octanol–water partition coefficient (Wildman–Crippen LogP) is 3.53. The fraction of sp³-hybridized carbons (Fsp3) is 0.850. The number of unbranched alkanes of at least 4 members (excludes halogenated alkanes) is 6. The lowest BCUT2D eigenvalue weighted by molar-refractivity contribution is -0.126. The second-order valence-corrected chi connectivity index (χ2v) is 8.51. The highest BCUT2D eigenvalue weighted by Gasteiger charge is 2.12. The number of aliphatic hydroxyl groups excluding tert-OH is 1. The van der Waals surface area contributed by atoms with Gasteiger partial charge < -0.3 is 9.66 Å². The van der Waals surface area contributed by atoms with E-state index in [2.05, 4.69) is 6.92 Å². The summed E-state index contributed by atoms with van der Waals surface area (Å²) in [6.45, 7) is 2.05. The van der Waals surface area contributed by atoms with Crippen LogP contribution in [0.5, 0.6) is 0 Å². The Bertz CT molecular complexity index is 398. The van der Waals surface area contributed by atoms with Crippen molar-refractivity contribution in [3.05, 3.63) is 0 Å². The van der Waals surface area contributed by atoms with Crippen molar-refractivity contribution in [1.82, 2.24) is 0 Å². The third-order valence-corrected chi connectivity index (χ3v) is 5.65. The smallest absolute Gasteiger partial charge is 0.138 e. The van der Waals surface area contributed by atoms with Crippen LogP contribution in [-0.2, 0) is 25.6 Å². The highest BCUT2D eigenvalue weighted by Crippen LogP contribution is 2.10. The molecular formula is C20H36O5S. The molecule has 0 aromatic rings. The number of hydrogen-bond acceptors (Lipinski definition) is 5. The standard InChI is InChI=1S/C20H36O5S/c1-2-3-4-5-6-7-8-9-18(22)10-11-19(23)12-13-20(24)14-16-26(25)17-15-21/h21H,2-17H2,1H3. The Hall–Kier alpha value is -0.720. The van der Waals surface area contributed by atoms with E-state index in [0.717, 1.165) is 12.8 Å². The predicted molar refractivity (Wildman–Crippen MR) is 106 cm³/mol. The van der Waals surface area contributed by atoms with E-state index in [4.69, 9.17) is 5.11 Å². The summed E-state index contributed by atoms with van der Waals surface area (Å²) in [4.78, 5) is 35.2. The van der Waals surface area contributed by atoms with Crippen LogP contribution in [0.1, 0.15) is 90.4 Å². The zero-order valence-electron chi connectivity index (χ0n) is 16.3. The number of rotatable bonds is 19. The van der Waals surface area contributed by atoms with Gasteiger partial charge in [-0.2, -0.15) is 0 Å². The highest BCUT2D eigenvalue weighted by molar-refractivity contribution is 7.91. The van der Waals surface area contributed by atoms with Gasteiger partial charge in [0.2, 0.25) is 0 Å². The second kappa shape index (κ2) is 17.7. The van der Waals surface area contributed by atoms with E-state index < -0.39 is 11.2 Å². The van der Waals surface area contributed by atoms with Crippen LogP contribution in [0.2, 0.25) is 0 Å². The molecule has 1 N–H and O–H groups in total. The lowest BCUT2D eigenvalue weighted by Crippen LogP contribution is -2.17. The van der Waals surface area contributed by atoms with Crippen LogP contribution < -0.4 is 0 Å². The SMILES string of the molecule is CCCCCCCCCC(=O)CCC(=O)CCC(=O)CC[S+]([O-])CCO. The summed E-state index contributed by atoms with van der Waals surface area (Å²) in [6.07, 6.45) is 9.74. The molecule has 0 saturated heterocycles. The van der Waals surface area contributed by atoms with Crippen LogP contribution in [0.15, 0.2) is 0 Å². The minimum Gasteiger partial charge on any atom is -0.616 e. The third kappa shape index (κ3) is 16.7. The average Bonchev–Trinajstić information content (AvgIpc) is 2.62. The van der Waals surface area contributed by atoms with Gasteiger partial charge in [0.25, 0.3) is 0 Å². The largest absolute Gasteiger partial charge is 0.616 e. The molecule has 0 saturated carbocycles. The molecule has 0 aliphatic rings. The first-order valence-electron chi connectivity index (χ1n) is 10.0. The van der Waals surface area contributed by atoms with Crippen LogP contribution in [-0.4, -0.2) is 45.1 Å². The molecule has 0 heterocycles. The molecule has 0 aliphatic heterocycles. The van der Waals surface area contributed by atoms with Gasteiger partial charge in [0, 0.05) is 32.1 Å². The first kappa shape index (κ1) is 25.3. The third-order valence-electron chi connectivity index (χ3n) is 4.35. The van der Waals surface area contributed by atoms with Crippen molar-refractivity contribution in [3.8, 4) is 0 Å². The molecule has 0 fully saturated rings. The lowest BCUT2D eigenvalue weighted by Gasteiger charge is -2.08. The molecular weight excluding hydrogens is 352 g/mol. The van der Waals surface area contributed by atoms with Crippen molar-refractivity contribution in [3.63, 3.8) is 0 Å². The normalized spacial score (nSPS) is 12.1. The summed E-state index contributed by atoms with van der Waals surface area (Å²) in [7, 11) is 0. The maximum atomic E-state index is 11.8. The average molecular weight is 389 g/mol. The summed E-state index contributed by atoms with van der Waals surface area (Å²) in [5.74, 6) is 0.428. The number of carbonyl (C=O) groups is 3. The summed E-state index contributed by atoms with van der Waals surface area (Å²) >= 11 is -1.17. The van der Waals surface area contributed by atoms with Crippen LogP contribution in [0, 0.1) is 0 Å². The number of ketones is 3. The van der Waals surface area contributed by atoms with Crippen LogP contribution in [0.25, 0.3) is 0 Å². The molecule has 0 aromatic heterocycles. The van der Waals surface area contributed by atoms with Gasteiger partial charge in [0.15, 0.2) is 0 Å². The monoisotopic (exact) mass is 388 g/mol. The van der Waals surface area contributed by atoms with E-state index >= 15 is 0 Å². The fourth-order valence-electron chi connectivity index (χ4n) is 2.64. The maximum Gasteiger partial charge on any atom is 0.138 e. The van der Waals surface area contributed by atoms with E-state index in [1.807, 2.05) is 0 Å². The van der Waals surface area contributed by atoms with Crippen molar-refractivity contribution in [2.24, 2.45) is 0 Å². The molecule has 152 valence electrons. The van der Waals surface area contributed by atoms with Gasteiger partial charge in [-0.15, -0.1) is 0 Å². The molecule has 1 unspecified atom stereocenters. The lowest BCUT2D eigenvalue weighted by atomic mass is 10.0. The Labute approximate surface area is 161 Å². The zero-order valence-corrected chi connectivity index (χ0v) is 17.1. The summed E-state index contributed by atoms with van der Waals surface area (Å²) < 4.78 is 11.3. The molecule has 0 rings (SSSR count). The second-order valence-electron chi connectivity index (χ2n) is 6.81. The van der Waals surface area contributed by atoms with Crippen molar-refractivity contribution in [1.29, 1.82) is 0 Å². The quantitative estimate of drug-likeness (QED) is 0.270. The Morgan fingerprint density at radius 1 is 0.692 bits per heavy atom. The van der Waals surface area contributed by atoms with E-state index in [0.29, 0.717) is 6.42 Å². The molecule has 0 aliphatic carbocycles. The van der Waals surface area contributed by atoms with Crippen molar-refractivity contribution in [2.45, 2.75) is 90.4 Å². The summed E-state index contributed by atoms with van der Waals surface area (Å²) in [6, 6.07) is 0. The zero-order chi connectivity index (χ0) is 19.6. The van der Waals surface area contributed by atoms with Gasteiger partial charge in [-0.1, -0.05) is 56.6 Å². The Kier molecular flexibility index (Phi) is 17.2. The van der Waals surface area contributed by atoms with Gasteiger partial charge >= 0.3 is 0 Å². The molecule has 5 nitrogen and oxygen atoms in total.